The third kappa shape index (κ3) is 4.25. The average molecular weight is 468 g/mol. The van der Waals surface area contributed by atoms with E-state index in [9.17, 15) is 31.1 Å². The Morgan fingerprint density at radius 2 is 1.73 bits per heavy atom. The second-order valence-corrected chi connectivity index (χ2v) is 7.07. The molecule has 0 atom stereocenters. The second-order valence-electron chi connectivity index (χ2n) is 7.07. The first-order valence-electron chi connectivity index (χ1n) is 9.34. The van der Waals surface area contributed by atoms with Crippen LogP contribution in [0, 0.1) is 5.82 Å². The van der Waals surface area contributed by atoms with Crippen molar-refractivity contribution in [3.05, 3.63) is 71.6 Å². The molecule has 13 heteroatoms. The van der Waals surface area contributed by atoms with Crippen molar-refractivity contribution in [3.8, 4) is 11.3 Å². The first-order valence-corrected chi connectivity index (χ1v) is 9.34. The minimum atomic E-state index is -5.94. The summed E-state index contributed by atoms with van der Waals surface area (Å²) in [5.41, 5.74) is -2.06. The molecule has 0 unspecified atom stereocenters. The second kappa shape index (κ2) is 7.90. The van der Waals surface area contributed by atoms with Gasteiger partial charge in [0.1, 0.15) is 11.5 Å². The first-order chi connectivity index (χ1) is 15.5. The Labute approximate surface area is 181 Å². The van der Waals surface area contributed by atoms with E-state index in [1.807, 2.05) is 0 Å². The van der Waals surface area contributed by atoms with Gasteiger partial charge in [-0.25, -0.2) is 13.9 Å². The SMILES string of the molecule is Cn1ccc(CNC(=O)c2cc3nc(-c4ccc(F)cc4)cc(C(F)(F)C(F)(F)F)n3n2)n1. The van der Waals surface area contributed by atoms with E-state index in [2.05, 4.69) is 20.5 Å². The summed E-state index contributed by atoms with van der Waals surface area (Å²) in [6.45, 7) is -0.0205. The van der Waals surface area contributed by atoms with Gasteiger partial charge in [0, 0.05) is 24.9 Å². The molecule has 0 bridgehead atoms. The molecule has 0 fully saturated rings. The molecule has 33 heavy (non-hydrogen) atoms. The molecule has 1 aromatic carbocycles. The standard InChI is InChI=1S/C20H14F6N6O/c1-31-7-6-13(29-31)10-27-18(33)15-9-17-28-14(11-2-4-12(21)5-3-11)8-16(32(17)30-15)19(22,23)20(24,25)26/h2-9H,10H2,1H3,(H,27,33). The Kier molecular flexibility index (Phi) is 5.34. The van der Waals surface area contributed by atoms with Gasteiger partial charge in [-0.3, -0.25) is 9.48 Å². The number of carbonyl (C=O) groups is 1. The monoisotopic (exact) mass is 468 g/mol. The number of hydrogen-bond acceptors (Lipinski definition) is 4. The lowest BCUT2D eigenvalue weighted by Crippen LogP contribution is -2.36. The van der Waals surface area contributed by atoms with Crippen LogP contribution in [-0.4, -0.2) is 36.5 Å². The number of benzene rings is 1. The quantitative estimate of drug-likeness (QED) is 0.452. The van der Waals surface area contributed by atoms with Gasteiger partial charge in [0.05, 0.1) is 17.9 Å². The third-order valence-corrected chi connectivity index (χ3v) is 4.68. The number of hydrogen-bond donors (Lipinski definition) is 1. The van der Waals surface area contributed by atoms with Crippen molar-refractivity contribution >= 4 is 11.6 Å². The first kappa shape index (κ1) is 22.3. The van der Waals surface area contributed by atoms with Gasteiger partial charge in [-0.15, -0.1) is 0 Å². The van der Waals surface area contributed by atoms with Gasteiger partial charge in [0.25, 0.3) is 5.91 Å². The van der Waals surface area contributed by atoms with Crippen LogP contribution in [0.3, 0.4) is 0 Å². The van der Waals surface area contributed by atoms with Crippen LogP contribution in [0.15, 0.2) is 48.7 Å². The molecule has 3 heterocycles. The molecule has 0 aliphatic carbocycles. The summed E-state index contributed by atoms with van der Waals surface area (Å²) in [5.74, 6) is -6.76. The molecule has 0 radical (unpaired) electrons. The van der Waals surface area contributed by atoms with Gasteiger partial charge in [-0.05, 0) is 36.4 Å². The maximum atomic E-state index is 14.4. The Hall–Kier alpha value is -3.90. The van der Waals surface area contributed by atoms with Gasteiger partial charge in [0.2, 0.25) is 0 Å². The number of halogens is 6. The molecule has 4 rings (SSSR count). The predicted molar refractivity (Wildman–Crippen MR) is 103 cm³/mol. The lowest BCUT2D eigenvalue weighted by Gasteiger charge is -2.21. The minimum Gasteiger partial charge on any atom is -0.345 e. The molecule has 0 spiro atoms. The topological polar surface area (TPSA) is 77.1 Å². The van der Waals surface area contributed by atoms with Gasteiger partial charge in [-0.1, -0.05) is 0 Å². The van der Waals surface area contributed by atoms with Crippen molar-refractivity contribution in [3.63, 3.8) is 0 Å². The summed E-state index contributed by atoms with van der Waals surface area (Å²) in [7, 11) is 1.67. The van der Waals surface area contributed by atoms with E-state index >= 15 is 0 Å². The van der Waals surface area contributed by atoms with Crippen LogP contribution in [0.5, 0.6) is 0 Å². The highest BCUT2D eigenvalue weighted by Gasteiger charge is 2.60. The van der Waals surface area contributed by atoms with Crippen molar-refractivity contribution < 1.29 is 31.1 Å². The van der Waals surface area contributed by atoms with E-state index in [0.29, 0.717) is 11.8 Å². The number of aromatic nitrogens is 5. The van der Waals surface area contributed by atoms with E-state index in [0.717, 1.165) is 18.2 Å². The summed E-state index contributed by atoms with van der Waals surface area (Å²) in [4.78, 5) is 16.5. The fourth-order valence-electron chi connectivity index (χ4n) is 3.04. The molecule has 1 N–H and O–H groups in total. The normalized spacial score (nSPS) is 12.3. The van der Waals surface area contributed by atoms with Crippen LogP contribution in [0.25, 0.3) is 16.9 Å². The van der Waals surface area contributed by atoms with Crippen LogP contribution >= 0.6 is 0 Å². The summed E-state index contributed by atoms with van der Waals surface area (Å²) in [5, 5.41) is 10.2. The van der Waals surface area contributed by atoms with Crippen LogP contribution in [0.4, 0.5) is 26.3 Å². The zero-order chi connectivity index (χ0) is 24.0. The number of rotatable bonds is 5. The van der Waals surface area contributed by atoms with Crippen molar-refractivity contribution in [2.45, 2.75) is 18.6 Å². The number of nitrogens with one attached hydrogen (secondary N) is 1. The highest BCUT2D eigenvalue weighted by atomic mass is 19.4. The maximum Gasteiger partial charge on any atom is 0.459 e. The number of alkyl halides is 5. The average Bonchev–Trinajstić information content (AvgIpc) is 3.36. The number of fused-ring (bicyclic) bond motifs is 1. The summed E-state index contributed by atoms with van der Waals surface area (Å²) >= 11 is 0. The lowest BCUT2D eigenvalue weighted by molar-refractivity contribution is -0.291. The summed E-state index contributed by atoms with van der Waals surface area (Å²) < 4.78 is 83.2. The van der Waals surface area contributed by atoms with Crippen LogP contribution < -0.4 is 5.32 Å². The Bertz CT molecular complexity index is 1330. The summed E-state index contributed by atoms with van der Waals surface area (Å²) in [6.07, 6.45) is -4.30. The van der Waals surface area contributed by atoms with Gasteiger partial charge in [-0.2, -0.15) is 32.1 Å². The van der Waals surface area contributed by atoms with E-state index < -0.39 is 40.9 Å². The van der Waals surface area contributed by atoms with Gasteiger partial charge in [0.15, 0.2) is 11.3 Å². The minimum absolute atomic E-state index is 0.0205. The van der Waals surface area contributed by atoms with Gasteiger partial charge >= 0.3 is 12.1 Å². The molecule has 172 valence electrons. The van der Waals surface area contributed by atoms with E-state index in [4.69, 9.17) is 0 Å². The number of nitrogens with zero attached hydrogens (tertiary/aromatic N) is 5. The summed E-state index contributed by atoms with van der Waals surface area (Å²) in [6, 6.07) is 7.50. The molecular weight excluding hydrogens is 454 g/mol. The molecule has 0 saturated heterocycles. The van der Waals surface area contributed by atoms with E-state index in [1.54, 1.807) is 19.3 Å². The zero-order valence-corrected chi connectivity index (χ0v) is 16.7. The zero-order valence-electron chi connectivity index (χ0n) is 16.7. The maximum absolute atomic E-state index is 14.4. The Morgan fingerprint density at radius 3 is 2.33 bits per heavy atom. The molecule has 3 aromatic heterocycles. The fourth-order valence-corrected chi connectivity index (χ4v) is 3.04. The highest BCUT2D eigenvalue weighted by Crippen LogP contribution is 2.44. The Balaban J connectivity index is 1.78. The largest absolute Gasteiger partial charge is 0.459 e. The molecule has 0 aliphatic rings. The third-order valence-electron chi connectivity index (χ3n) is 4.68. The van der Waals surface area contributed by atoms with E-state index in [-0.39, 0.29) is 22.3 Å². The molecule has 7 nitrogen and oxygen atoms in total. The van der Waals surface area contributed by atoms with E-state index in [1.165, 1.54) is 16.8 Å². The van der Waals surface area contributed by atoms with Crippen molar-refractivity contribution in [2.75, 3.05) is 0 Å². The lowest BCUT2D eigenvalue weighted by atomic mass is 10.1. The number of carbonyl (C=O) groups excluding carboxylic acids is 1. The Morgan fingerprint density at radius 1 is 1.03 bits per heavy atom. The van der Waals surface area contributed by atoms with Crippen molar-refractivity contribution in [1.29, 1.82) is 0 Å². The predicted octanol–water partition coefficient (Wildman–Crippen LogP) is 3.85. The molecule has 0 saturated carbocycles. The van der Waals surface area contributed by atoms with Crippen LogP contribution in [0.1, 0.15) is 21.9 Å². The highest BCUT2D eigenvalue weighted by molar-refractivity contribution is 5.93. The fraction of sp³-hybridized carbons (Fsp3) is 0.200. The molecule has 0 aliphatic heterocycles. The smallest absolute Gasteiger partial charge is 0.345 e. The number of aryl methyl sites for hydroxylation is 1. The van der Waals surface area contributed by atoms with Crippen LogP contribution in [-0.2, 0) is 19.5 Å². The van der Waals surface area contributed by atoms with Crippen molar-refractivity contribution in [2.24, 2.45) is 7.05 Å². The molecule has 1 amide bonds. The number of amides is 1. The van der Waals surface area contributed by atoms with Crippen molar-refractivity contribution in [1.82, 2.24) is 29.7 Å². The molecule has 4 aromatic rings. The van der Waals surface area contributed by atoms with Gasteiger partial charge < -0.3 is 5.32 Å². The van der Waals surface area contributed by atoms with Crippen LogP contribution in [0.2, 0.25) is 0 Å². The molecular formula is C20H14F6N6O.